The van der Waals surface area contributed by atoms with Crippen molar-refractivity contribution in [1.29, 1.82) is 0 Å². The van der Waals surface area contributed by atoms with Crippen LogP contribution in [0, 0.1) is 26.7 Å². The number of aromatic nitrogens is 3. The highest BCUT2D eigenvalue weighted by Gasteiger charge is 2.33. The largest absolute Gasteiger partial charge is 0.481 e. The first-order valence-corrected chi connectivity index (χ1v) is 15.2. The molecule has 40 heavy (non-hydrogen) atoms. The predicted octanol–water partition coefficient (Wildman–Crippen LogP) is 5.37. The summed E-state index contributed by atoms with van der Waals surface area (Å²) in [5.74, 6) is -1.16. The Kier molecular flexibility index (Phi) is 7.54. The summed E-state index contributed by atoms with van der Waals surface area (Å²) in [4.78, 5) is 12.4. The molecule has 0 unspecified atom stereocenters. The maximum Gasteiger partial charge on any atom is 0.304 e. The molecule has 1 N–H and O–H groups in total. The first-order valence-electron chi connectivity index (χ1n) is 13.7. The van der Waals surface area contributed by atoms with Gasteiger partial charge in [0, 0.05) is 25.6 Å². The van der Waals surface area contributed by atoms with Crippen LogP contribution in [0.1, 0.15) is 65.1 Å². The van der Waals surface area contributed by atoms with Crippen molar-refractivity contribution in [3.63, 3.8) is 0 Å². The Morgan fingerprint density at radius 2 is 1.88 bits per heavy atom. The lowest BCUT2D eigenvalue weighted by molar-refractivity contribution is -0.137. The highest BCUT2D eigenvalue weighted by Crippen LogP contribution is 2.35. The van der Waals surface area contributed by atoms with E-state index in [1.54, 1.807) is 10.4 Å². The zero-order valence-electron chi connectivity index (χ0n) is 23.7. The first kappa shape index (κ1) is 28.0. The molecule has 0 saturated carbocycles. The standard InChI is InChI=1S/C31H36N4O4S/c1-6-35-28-12-11-26(22(5)31(28)32-33-35)27(16-30(36)37)23-10-8-21(4)25(15-23)18-34-17-20(3)13-24-9-7-19(2)14-29(24)40(34,38)39/h7-12,14-15,20,27H,6,13,16-18H2,1-5H3,(H,36,37)/t20-,27-/m0/s1. The number of rotatable bonds is 7. The number of hydrogen-bond acceptors (Lipinski definition) is 5. The quantitative estimate of drug-likeness (QED) is 0.326. The van der Waals surface area contributed by atoms with E-state index in [-0.39, 0.29) is 18.9 Å². The summed E-state index contributed by atoms with van der Waals surface area (Å²) in [6, 6.07) is 15.5. The number of carbonyl (C=O) groups is 1. The Balaban J connectivity index is 1.56. The number of benzene rings is 3. The molecule has 4 aromatic rings. The van der Waals surface area contributed by atoms with Crippen LogP contribution in [0.2, 0.25) is 0 Å². The molecular formula is C31H36N4O4S. The van der Waals surface area contributed by atoms with E-state index in [0.717, 1.165) is 50.0 Å². The van der Waals surface area contributed by atoms with E-state index in [0.29, 0.717) is 24.4 Å². The predicted molar refractivity (Wildman–Crippen MR) is 155 cm³/mol. The van der Waals surface area contributed by atoms with E-state index in [1.165, 1.54) is 0 Å². The lowest BCUT2D eigenvalue weighted by atomic mass is 9.84. The summed E-state index contributed by atoms with van der Waals surface area (Å²) >= 11 is 0. The van der Waals surface area contributed by atoms with Gasteiger partial charge in [0.25, 0.3) is 0 Å². The van der Waals surface area contributed by atoms with Gasteiger partial charge < -0.3 is 5.11 Å². The fraction of sp³-hybridized carbons (Fsp3) is 0.387. The van der Waals surface area contributed by atoms with Gasteiger partial charge in [0.2, 0.25) is 10.0 Å². The smallest absolute Gasteiger partial charge is 0.304 e. The normalized spacial score (nSPS) is 17.9. The number of aryl methyl sites for hydroxylation is 4. The topological polar surface area (TPSA) is 105 Å². The van der Waals surface area contributed by atoms with E-state index >= 15 is 0 Å². The Hall–Kier alpha value is -3.56. The fourth-order valence-corrected chi connectivity index (χ4v) is 7.74. The third-order valence-corrected chi connectivity index (χ3v) is 9.98. The van der Waals surface area contributed by atoms with Crippen molar-refractivity contribution < 1.29 is 18.3 Å². The van der Waals surface area contributed by atoms with Gasteiger partial charge in [0.05, 0.1) is 16.8 Å². The SMILES string of the molecule is CCn1nnc2c(C)c([C@@H](CC(=O)O)c3ccc(C)c(CN4C[C@@H](C)Cc5ccc(C)cc5S4(=O)=O)c3)ccc21. The van der Waals surface area contributed by atoms with Crippen LogP contribution < -0.4 is 0 Å². The van der Waals surface area contributed by atoms with Gasteiger partial charge in [-0.2, -0.15) is 4.31 Å². The van der Waals surface area contributed by atoms with Gasteiger partial charge in [-0.1, -0.05) is 48.5 Å². The van der Waals surface area contributed by atoms with Gasteiger partial charge in [0.15, 0.2) is 0 Å². The molecule has 0 amide bonds. The van der Waals surface area contributed by atoms with Crippen LogP contribution in [0.4, 0.5) is 0 Å². The number of fused-ring (bicyclic) bond motifs is 2. The average molecular weight is 561 g/mol. The van der Waals surface area contributed by atoms with Crippen molar-refractivity contribution in [2.24, 2.45) is 5.92 Å². The lowest BCUT2D eigenvalue weighted by Gasteiger charge is -2.25. The molecule has 2 heterocycles. The molecular weight excluding hydrogens is 524 g/mol. The van der Waals surface area contributed by atoms with Crippen LogP contribution >= 0.6 is 0 Å². The van der Waals surface area contributed by atoms with E-state index < -0.39 is 21.9 Å². The van der Waals surface area contributed by atoms with Crippen LogP contribution in [-0.4, -0.2) is 45.3 Å². The molecule has 0 radical (unpaired) electrons. The second-order valence-corrected chi connectivity index (χ2v) is 13.0. The number of sulfonamides is 1. The van der Waals surface area contributed by atoms with Gasteiger partial charge >= 0.3 is 5.97 Å². The zero-order chi connectivity index (χ0) is 28.8. The van der Waals surface area contributed by atoms with Crippen LogP contribution in [0.5, 0.6) is 0 Å². The van der Waals surface area contributed by atoms with Gasteiger partial charge in [-0.25, -0.2) is 13.1 Å². The van der Waals surface area contributed by atoms with Crippen molar-refractivity contribution in [2.75, 3.05) is 6.54 Å². The van der Waals surface area contributed by atoms with E-state index in [2.05, 4.69) is 17.2 Å². The second kappa shape index (κ2) is 10.8. The first-order chi connectivity index (χ1) is 19.0. The van der Waals surface area contributed by atoms with Crippen molar-refractivity contribution in [1.82, 2.24) is 19.3 Å². The molecule has 0 saturated heterocycles. The maximum absolute atomic E-state index is 13.9. The molecule has 8 nitrogen and oxygen atoms in total. The Bertz CT molecular complexity index is 1710. The maximum atomic E-state index is 13.9. The summed E-state index contributed by atoms with van der Waals surface area (Å²) in [5.41, 5.74) is 7.91. The van der Waals surface area contributed by atoms with Gasteiger partial charge in [-0.3, -0.25) is 4.79 Å². The van der Waals surface area contributed by atoms with Crippen LogP contribution in [0.15, 0.2) is 53.4 Å². The summed E-state index contributed by atoms with van der Waals surface area (Å²) in [6.07, 6.45) is 0.609. The molecule has 1 aliphatic heterocycles. The Morgan fingerprint density at radius 1 is 1.10 bits per heavy atom. The average Bonchev–Trinajstić information content (AvgIpc) is 3.30. The van der Waals surface area contributed by atoms with Crippen molar-refractivity contribution >= 4 is 27.0 Å². The van der Waals surface area contributed by atoms with E-state index in [1.807, 2.05) is 74.8 Å². The molecule has 9 heteroatoms. The third kappa shape index (κ3) is 5.15. The molecule has 210 valence electrons. The number of hydrogen-bond donors (Lipinski definition) is 1. The summed E-state index contributed by atoms with van der Waals surface area (Å²) in [6.45, 7) is 11.3. The molecule has 3 aromatic carbocycles. The minimum absolute atomic E-state index is 0.0948. The Morgan fingerprint density at radius 3 is 2.60 bits per heavy atom. The third-order valence-electron chi connectivity index (χ3n) is 8.08. The molecule has 0 bridgehead atoms. The molecule has 1 aromatic heterocycles. The number of carboxylic acids is 1. The molecule has 1 aliphatic rings. The van der Waals surface area contributed by atoms with Gasteiger partial charge in [-0.05, 0) is 91.1 Å². The minimum atomic E-state index is -3.70. The minimum Gasteiger partial charge on any atom is -0.481 e. The van der Waals surface area contributed by atoms with Crippen LogP contribution in [0.25, 0.3) is 11.0 Å². The number of nitrogens with zero attached hydrogens (tertiary/aromatic N) is 4. The molecule has 5 rings (SSSR count). The monoisotopic (exact) mass is 560 g/mol. The second-order valence-electron chi connectivity index (χ2n) is 11.1. The van der Waals surface area contributed by atoms with Gasteiger partial charge in [-0.15, -0.1) is 5.10 Å². The summed E-state index contributed by atoms with van der Waals surface area (Å²) < 4.78 is 31.1. The van der Waals surface area contributed by atoms with Gasteiger partial charge in [0.1, 0.15) is 5.52 Å². The zero-order valence-corrected chi connectivity index (χ0v) is 24.5. The Labute approximate surface area is 235 Å². The van der Waals surface area contributed by atoms with Crippen molar-refractivity contribution in [3.8, 4) is 0 Å². The number of aliphatic carboxylic acids is 1. The summed E-state index contributed by atoms with van der Waals surface area (Å²) in [5, 5.41) is 18.5. The van der Waals surface area contributed by atoms with E-state index in [4.69, 9.17) is 0 Å². The molecule has 2 atom stereocenters. The molecule has 0 fully saturated rings. The highest BCUT2D eigenvalue weighted by molar-refractivity contribution is 7.89. The molecule has 0 aliphatic carbocycles. The van der Waals surface area contributed by atoms with Crippen molar-refractivity contribution in [2.45, 2.75) is 71.4 Å². The van der Waals surface area contributed by atoms with E-state index in [9.17, 15) is 18.3 Å². The number of carboxylic acid groups (broad SMARTS) is 1. The van der Waals surface area contributed by atoms with Crippen LogP contribution in [-0.2, 0) is 34.3 Å². The summed E-state index contributed by atoms with van der Waals surface area (Å²) in [7, 11) is -3.70. The highest BCUT2D eigenvalue weighted by atomic mass is 32.2. The molecule has 0 spiro atoms. The lowest BCUT2D eigenvalue weighted by Crippen LogP contribution is -2.33. The fourth-order valence-electron chi connectivity index (χ4n) is 5.89. The van der Waals surface area contributed by atoms with Crippen LogP contribution in [0.3, 0.4) is 0 Å². The van der Waals surface area contributed by atoms with Crippen molar-refractivity contribution in [3.05, 3.63) is 87.5 Å².